The second-order valence-electron chi connectivity index (χ2n) is 7.37. The molecule has 1 amide bonds. The molecule has 3 aromatic rings. The fourth-order valence-corrected chi connectivity index (χ4v) is 3.10. The molecule has 2 aromatic carbocycles. The fraction of sp³-hybridized carbons (Fsp3) is 0.192. The Morgan fingerprint density at radius 3 is 2.56 bits per heavy atom. The quantitative estimate of drug-likeness (QED) is 0.221. The lowest BCUT2D eigenvalue weighted by Crippen LogP contribution is -2.23. The second-order valence-corrected chi connectivity index (χ2v) is 7.37. The number of carbonyl (C=O) groups is 2. The van der Waals surface area contributed by atoms with Gasteiger partial charge in [0.25, 0.3) is 5.91 Å². The van der Waals surface area contributed by atoms with E-state index in [1.165, 1.54) is 25.5 Å². The molecule has 0 aliphatic rings. The van der Waals surface area contributed by atoms with Gasteiger partial charge < -0.3 is 23.9 Å². The van der Waals surface area contributed by atoms with Crippen molar-refractivity contribution in [2.75, 3.05) is 13.7 Å². The van der Waals surface area contributed by atoms with E-state index in [0.717, 1.165) is 11.1 Å². The van der Waals surface area contributed by atoms with Crippen LogP contribution in [0.1, 0.15) is 22.5 Å². The zero-order valence-electron chi connectivity index (χ0n) is 19.1. The molecule has 0 spiro atoms. The van der Waals surface area contributed by atoms with Crippen LogP contribution in [0.25, 0.3) is 6.08 Å². The highest BCUT2D eigenvalue weighted by Crippen LogP contribution is 2.29. The zero-order chi connectivity index (χ0) is 24.5. The molecule has 0 bridgehead atoms. The molecule has 0 atom stereocenters. The Morgan fingerprint density at radius 1 is 1.09 bits per heavy atom. The van der Waals surface area contributed by atoms with Crippen LogP contribution in [-0.2, 0) is 16.1 Å². The van der Waals surface area contributed by atoms with Gasteiger partial charge in [0.05, 0.1) is 19.9 Å². The molecule has 0 saturated heterocycles. The van der Waals surface area contributed by atoms with Crippen LogP contribution in [-0.4, -0.2) is 25.6 Å². The third kappa shape index (κ3) is 6.50. The predicted octanol–water partition coefficient (Wildman–Crippen LogP) is 4.11. The number of carbonyl (C=O) groups excluding carboxylic acids is 2. The van der Waals surface area contributed by atoms with E-state index in [0.29, 0.717) is 17.1 Å². The molecular formula is C26H24N2O6. The van der Waals surface area contributed by atoms with E-state index in [1.807, 2.05) is 32.0 Å². The molecule has 8 heteroatoms. The van der Waals surface area contributed by atoms with E-state index >= 15 is 0 Å². The van der Waals surface area contributed by atoms with E-state index in [4.69, 9.17) is 18.6 Å². The number of aryl methyl sites for hydroxylation is 2. The van der Waals surface area contributed by atoms with Gasteiger partial charge in [0, 0.05) is 0 Å². The Balaban J connectivity index is 1.64. The lowest BCUT2D eigenvalue weighted by Gasteiger charge is -2.12. The average Bonchev–Trinajstić information content (AvgIpc) is 3.35. The van der Waals surface area contributed by atoms with Crippen molar-refractivity contribution < 1.29 is 28.2 Å². The van der Waals surface area contributed by atoms with E-state index in [9.17, 15) is 14.9 Å². The van der Waals surface area contributed by atoms with Crippen LogP contribution < -0.4 is 19.5 Å². The molecule has 174 valence electrons. The van der Waals surface area contributed by atoms with Crippen molar-refractivity contribution >= 4 is 18.0 Å². The summed E-state index contributed by atoms with van der Waals surface area (Å²) in [6, 6.07) is 15.7. The van der Waals surface area contributed by atoms with Gasteiger partial charge in [-0.3, -0.25) is 4.79 Å². The van der Waals surface area contributed by atoms with Gasteiger partial charge in [0.1, 0.15) is 23.2 Å². The predicted molar refractivity (Wildman–Crippen MR) is 124 cm³/mol. The molecule has 1 N–H and O–H groups in total. The number of amides is 1. The van der Waals surface area contributed by atoms with Gasteiger partial charge in [-0.1, -0.05) is 23.8 Å². The molecule has 0 saturated carbocycles. The number of nitriles is 1. The van der Waals surface area contributed by atoms with Crippen LogP contribution in [0.3, 0.4) is 0 Å². The number of benzene rings is 2. The van der Waals surface area contributed by atoms with Gasteiger partial charge >= 0.3 is 5.97 Å². The fourth-order valence-electron chi connectivity index (χ4n) is 3.10. The standard InChI is InChI=1S/C26H24N2O6/c1-17-6-8-22(18(2)11-17)33-16-25(29)34-23-9-7-19(13-24(23)31-3)12-20(14-27)26(30)28-15-21-5-4-10-32-21/h4-13H,15-16H2,1-3H3,(H,28,30)/b20-12+. The SMILES string of the molecule is COc1cc(/C=C(\C#N)C(=O)NCc2ccco2)ccc1OC(=O)COc1ccc(C)cc1C. The van der Waals surface area contributed by atoms with E-state index in [2.05, 4.69) is 5.32 Å². The first-order valence-electron chi connectivity index (χ1n) is 10.4. The molecule has 0 fully saturated rings. The minimum absolute atomic E-state index is 0.0970. The first kappa shape index (κ1) is 24.1. The Kier molecular flexibility index (Phi) is 8.08. The summed E-state index contributed by atoms with van der Waals surface area (Å²) in [6.45, 7) is 3.76. The number of hydrogen-bond acceptors (Lipinski definition) is 7. The lowest BCUT2D eigenvalue weighted by molar-refractivity contribution is -0.136. The summed E-state index contributed by atoms with van der Waals surface area (Å²) in [5.41, 5.74) is 2.44. The molecule has 0 aliphatic carbocycles. The third-order valence-corrected chi connectivity index (χ3v) is 4.77. The van der Waals surface area contributed by atoms with Crippen molar-refractivity contribution in [1.29, 1.82) is 5.26 Å². The molecule has 1 aromatic heterocycles. The summed E-state index contributed by atoms with van der Waals surface area (Å²) in [7, 11) is 1.42. The Morgan fingerprint density at radius 2 is 1.88 bits per heavy atom. The first-order valence-corrected chi connectivity index (χ1v) is 10.4. The summed E-state index contributed by atoms with van der Waals surface area (Å²) < 4.78 is 21.4. The van der Waals surface area contributed by atoms with E-state index in [-0.39, 0.29) is 30.2 Å². The van der Waals surface area contributed by atoms with Crippen LogP contribution in [0.2, 0.25) is 0 Å². The highest BCUT2D eigenvalue weighted by molar-refractivity contribution is 6.01. The summed E-state index contributed by atoms with van der Waals surface area (Å²) in [4.78, 5) is 24.6. The maximum Gasteiger partial charge on any atom is 0.349 e. The van der Waals surface area contributed by atoms with Gasteiger partial charge in [-0.05, 0) is 61.4 Å². The molecule has 34 heavy (non-hydrogen) atoms. The smallest absolute Gasteiger partial charge is 0.349 e. The van der Waals surface area contributed by atoms with Crippen molar-refractivity contribution in [1.82, 2.24) is 5.32 Å². The van der Waals surface area contributed by atoms with Gasteiger partial charge in [-0.2, -0.15) is 5.26 Å². The first-order chi connectivity index (χ1) is 16.4. The average molecular weight is 460 g/mol. The van der Waals surface area contributed by atoms with Crippen LogP contribution in [0.15, 0.2) is 64.8 Å². The molecule has 0 radical (unpaired) electrons. The van der Waals surface area contributed by atoms with Gasteiger partial charge in [0.2, 0.25) is 0 Å². The topological polar surface area (TPSA) is 111 Å². The van der Waals surface area contributed by atoms with Crippen LogP contribution in [0.4, 0.5) is 0 Å². The van der Waals surface area contributed by atoms with E-state index < -0.39 is 11.9 Å². The molecule has 3 rings (SSSR count). The lowest BCUT2D eigenvalue weighted by atomic mass is 10.1. The summed E-state index contributed by atoms with van der Waals surface area (Å²) in [5.74, 6) is 0.481. The molecule has 1 heterocycles. The van der Waals surface area contributed by atoms with Gasteiger partial charge in [-0.15, -0.1) is 0 Å². The van der Waals surface area contributed by atoms with E-state index in [1.54, 1.807) is 30.3 Å². The largest absolute Gasteiger partial charge is 0.493 e. The van der Waals surface area contributed by atoms with Crippen LogP contribution in [0.5, 0.6) is 17.2 Å². The Hall–Kier alpha value is -4.51. The maximum absolute atomic E-state index is 12.3. The van der Waals surface area contributed by atoms with Crippen molar-refractivity contribution in [3.05, 3.63) is 82.8 Å². The highest BCUT2D eigenvalue weighted by Gasteiger charge is 2.14. The number of furan rings is 1. The number of methoxy groups -OCH3 is 1. The van der Waals surface area contributed by atoms with Crippen molar-refractivity contribution in [2.24, 2.45) is 0 Å². The van der Waals surface area contributed by atoms with Crippen molar-refractivity contribution in [3.8, 4) is 23.3 Å². The maximum atomic E-state index is 12.3. The Bertz CT molecular complexity index is 1240. The molecule has 8 nitrogen and oxygen atoms in total. The number of hydrogen-bond donors (Lipinski definition) is 1. The number of rotatable bonds is 9. The molecular weight excluding hydrogens is 436 g/mol. The monoisotopic (exact) mass is 460 g/mol. The number of nitrogens with one attached hydrogen (secondary N) is 1. The normalized spacial score (nSPS) is 10.8. The minimum atomic E-state index is -0.600. The summed E-state index contributed by atoms with van der Waals surface area (Å²) >= 11 is 0. The summed E-state index contributed by atoms with van der Waals surface area (Å²) in [5, 5.41) is 12.0. The van der Waals surface area contributed by atoms with Gasteiger partial charge in [0.15, 0.2) is 18.1 Å². The molecule has 0 aliphatic heterocycles. The Labute approximate surface area is 197 Å². The number of ether oxygens (including phenoxy) is 3. The summed E-state index contributed by atoms with van der Waals surface area (Å²) in [6.07, 6.45) is 2.91. The van der Waals surface area contributed by atoms with Crippen molar-refractivity contribution in [3.63, 3.8) is 0 Å². The van der Waals surface area contributed by atoms with Crippen LogP contribution >= 0.6 is 0 Å². The highest BCUT2D eigenvalue weighted by atomic mass is 16.6. The van der Waals surface area contributed by atoms with Crippen molar-refractivity contribution in [2.45, 2.75) is 20.4 Å². The third-order valence-electron chi connectivity index (χ3n) is 4.77. The molecule has 0 unspecified atom stereocenters. The minimum Gasteiger partial charge on any atom is -0.493 e. The second kappa shape index (κ2) is 11.4. The van der Waals surface area contributed by atoms with Gasteiger partial charge in [-0.25, -0.2) is 4.79 Å². The van der Waals surface area contributed by atoms with Crippen LogP contribution in [0, 0.1) is 25.2 Å². The number of nitrogens with zero attached hydrogens (tertiary/aromatic N) is 1. The zero-order valence-corrected chi connectivity index (χ0v) is 19.1. The number of esters is 1.